The van der Waals surface area contributed by atoms with E-state index in [0.717, 1.165) is 0 Å². The highest BCUT2D eigenvalue weighted by Crippen LogP contribution is 2.01. The SMILES string of the molecule is C[CH]C(=O)OCC(O)COC(=O)c1ccccc1. The smallest absolute Gasteiger partial charge is 0.338 e. The molecule has 1 N–H and O–H groups in total. The van der Waals surface area contributed by atoms with Crippen LogP contribution in [0.3, 0.4) is 0 Å². The molecule has 0 heterocycles. The Balaban J connectivity index is 2.28. The molecule has 1 aromatic carbocycles. The van der Waals surface area contributed by atoms with Crippen molar-refractivity contribution >= 4 is 11.9 Å². The number of aliphatic hydroxyl groups is 1. The fourth-order valence-corrected chi connectivity index (χ4v) is 1.14. The maximum atomic E-state index is 11.5. The second kappa shape index (κ2) is 7.45. The van der Waals surface area contributed by atoms with Crippen molar-refractivity contribution in [3.05, 3.63) is 42.3 Å². The van der Waals surface area contributed by atoms with E-state index in [1.807, 2.05) is 0 Å². The number of rotatable bonds is 6. The van der Waals surface area contributed by atoms with Crippen LogP contribution in [0.5, 0.6) is 0 Å². The predicted molar refractivity (Wildman–Crippen MR) is 63.7 cm³/mol. The van der Waals surface area contributed by atoms with E-state index in [4.69, 9.17) is 4.74 Å². The van der Waals surface area contributed by atoms with E-state index < -0.39 is 18.0 Å². The van der Waals surface area contributed by atoms with Gasteiger partial charge in [0.1, 0.15) is 19.3 Å². The van der Waals surface area contributed by atoms with Gasteiger partial charge in [-0.15, -0.1) is 0 Å². The molecule has 0 aliphatic rings. The molecule has 1 atom stereocenters. The molecule has 1 unspecified atom stereocenters. The molecule has 0 aromatic heterocycles. The Kier molecular flexibility index (Phi) is 5.87. The first-order valence-electron chi connectivity index (χ1n) is 5.50. The molecule has 0 amide bonds. The number of benzene rings is 1. The fraction of sp³-hybridized carbons (Fsp3) is 0.308. The van der Waals surface area contributed by atoms with Crippen LogP contribution in [-0.2, 0) is 14.3 Å². The summed E-state index contributed by atoms with van der Waals surface area (Å²) in [5.74, 6) is -1.05. The summed E-state index contributed by atoms with van der Waals surface area (Å²) in [5.41, 5.74) is 0.406. The minimum Gasteiger partial charge on any atom is -0.463 e. The van der Waals surface area contributed by atoms with Crippen molar-refractivity contribution in [2.24, 2.45) is 0 Å². The van der Waals surface area contributed by atoms with Crippen molar-refractivity contribution in [2.75, 3.05) is 13.2 Å². The molecule has 18 heavy (non-hydrogen) atoms. The molecule has 5 nitrogen and oxygen atoms in total. The Labute approximate surface area is 105 Å². The maximum Gasteiger partial charge on any atom is 0.338 e. The van der Waals surface area contributed by atoms with Crippen LogP contribution in [0.2, 0.25) is 0 Å². The topological polar surface area (TPSA) is 72.8 Å². The molecular weight excluding hydrogens is 236 g/mol. The summed E-state index contributed by atoms with van der Waals surface area (Å²) in [6.45, 7) is 1.11. The second-order valence-electron chi connectivity index (χ2n) is 3.54. The molecule has 0 saturated heterocycles. The highest BCUT2D eigenvalue weighted by atomic mass is 16.6. The van der Waals surface area contributed by atoms with Crippen molar-refractivity contribution in [3.63, 3.8) is 0 Å². The van der Waals surface area contributed by atoms with Gasteiger partial charge < -0.3 is 14.6 Å². The zero-order valence-corrected chi connectivity index (χ0v) is 10.0. The summed E-state index contributed by atoms with van der Waals surface area (Å²) in [6.07, 6.45) is 0.212. The van der Waals surface area contributed by atoms with Crippen LogP contribution in [0.25, 0.3) is 0 Å². The van der Waals surface area contributed by atoms with E-state index in [1.165, 1.54) is 13.3 Å². The molecule has 0 spiro atoms. The average molecular weight is 251 g/mol. The summed E-state index contributed by atoms with van der Waals surface area (Å²) in [5, 5.41) is 9.42. The van der Waals surface area contributed by atoms with Crippen molar-refractivity contribution in [1.29, 1.82) is 0 Å². The van der Waals surface area contributed by atoms with Crippen LogP contribution < -0.4 is 0 Å². The summed E-state index contributed by atoms with van der Waals surface area (Å²) < 4.78 is 9.52. The zero-order valence-electron chi connectivity index (χ0n) is 10.0. The molecule has 1 radical (unpaired) electrons. The Morgan fingerprint density at radius 2 is 1.83 bits per heavy atom. The first kappa shape index (κ1) is 14.2. The van der Waals surface area contributed by atoms with Gasteiger partial charge in [0, 0.05) is 0 Å². The van der Waals surface area contributed by atoms with Gasteiger partial charge in [0.15, 0.2) is 0 Å². The summed E-state index contributed by atoms with van der Waals surface area (Å²) in [4.78, 5) is 22.3. The first-order valence-corrected chi connectivity index (χ1v) is 5.50. The monoisotopic (exact) mass is 251 g/mol. The Hall–Kier alpha value is -1.88. The van der Waals surface area contributed by atoms with E-state index in [9.17, 15) is 14.7 Å². The number of ether oxygens (including phenoxy) is 2. The lowest BCUT2D eigenvalue weighted by Gasteiger charge is -2.11. The number of carbonyl (C=O) groups is 2. The fourth-order valence-electron chi connectivity index (χ4n) is 1.14. The quantitative estimate of drug-likeness (QED) is 0.763. The highest BCUT2D eigenvalue weighted by molar-refractivity contribution is 5.89. The van der Waals surface area contributed by atoms with Gasteiger partial charge in [0.25, 0.3) is 0 Å². The average Bonchev–Trinajstić information content (AvgIpc) is 2.42. The lowest BCUT2D eigenvalue weighted by atomic mass is 10.2. The summed E-state index contributed by atoms with van der Waals surface area (Å²) in [6, 6.07) is 8.44. The number of carbonyl (C=O) groups excluding carboxylic acids is 2. The van der Waals surface area contributed by atoms with Crippen molar-refractivity contribution in [1.82, 2.24) is 0 Å². The van der Waals surface area contributed by atoms with Gasteiger partial charge >= 0.3 is 11.9 Å². The van der Waals surface area contributed by atoms with Gasteiger partial charge in [-0.3, -0.25) is 4.79 Å². The van der Waals surface area contributed by atoms with Crippen LogP contribution in [-0.4, -0.2) is 36.4 Å². The summed E-state index contributed by atoms with van der Waals surface area (Å²) >= 11 is 0. The molecule has 0 bridgehead atoms. The van der Waals surface area contributed by atoms with Crippen molar-refractivity contribution < 1.29 is 24.2 Å². The van der Waals surface area contributed by atoms with E-state index in [-0.39, 0.29) is 13.2 Å². The van der Waals surface area contributed by atoms with Gasteiger partial charge in [-0.1, -0.05) is 25.1 Å². The first-order chi connectivity index (χ1) is 8.63. The molecule has 0 aliphatic heterocycles. The van der Waals surface area contributed by atoms with E-state index >= 15 is 0 Å². The molecule has 97 valence electrons. The molecule has 0 saturated carbocycles. The number of hydrogen-bond donors (Lipinski definition) is 1. The van der Waals surface area contributed by atoms with Gasteiger partial charge in [-0.05, 0) is 12.1 Å². The Bertz CT molecular complexity index is 388. The van der Waals surface area contributed by atoms with Crippen molar-refractivity contribution in [2.45, 2.75) is 13.0 Å². The largest absolute Gasteiger partial charge is 0.463 e. The lowest BCUT2D eigenvalue weighted by Crippen LogP contribution is -2.25. The third-order valence-corrected chi connectivity index (χ3v) is 2.07. The Morgan fingerprint density at radius 3 is 2.44 bits per heavy atom. The van der Waals surface area contributed by atoms with Gasteiger partial charge in [-0.25, -0.2) is 4.79 Å². The van der Waals surface area contributed by atoms with Gasteiger partial charge in [0.2, 0.25) is 0 Å². The summed E-state index contributed by atoms with van der Waals surface area (Å²) in [7, 11) is 0. The number of aliphatic hydroxyl groups excluding tert-OH is 1. The van der Waals surface area contributed by atoms with Crippen molar-refractivity contribution in [3.8, 4) is 0 Å². The van der Waals surface area contributed by atoms with Gasteiger partial charge in [-0.2, -0.15) is 0 Å². The highest BCUT2D eigenvalue weighted by Gasteiger charge is 2.12. The zero-order chi connectivity index (χ0) is 13.4. The third kappa shape index (κ3) is 4.97. The predicted octanol–water partition coefficient (Wildman–Crippen LogP) is 0.972. The van der Waals surface area contributed by atoms with E-state index in [2.05, 4.69) is 4.74 Å². The van der Waals surface area contributed by atoms with Crippen LogP contribution in [0.15, 0.2) is 30.3 Å². The number of hydrogen-bond acceptors (Lipinski definition) is 5. The van der Waals surface area contributed by atoms with Gasteiger partial charge in [0.05, 0.1) is 12.0 Å². The molecule has 0 fully saturated rings. The number of esters is 2. The molecule has 1 rings (SSSR count). The lowest BCUT2D eigenvalue weighted by molar-refractivity contribution is -0.143. The van der Waals surface area contributed by atoms with Crippen LogP contribution >= 0.6 is 0 Å². The second-order valence-corrected chi connectivity index (χ2v) is 3.54. The van der Waals surface area contributed by atoms with Crippen LogP contribution in [0.4, 0.5) is 0 Å². The van der Waals surface area contributed by atoms with E-state index in [1.54, 1.807) is 30.3 Å². The third-order valence-electron chi connectivity index (χ3n) is 2.07. The molecule has 0 aliphatic carbocycles. The van der Waals surface area contributed by atoms with Crippen LogP contribution in [0.1, 0.15) is 17.3 Å². The minimum atomic E-state index is -1.03. The van der Waals surface area contributed by atoms with Crippen LogP contribution in [0, 0.1) is 6.42 Å². The molecule has 1 aromatic rings. The normalized spacial score (nSPS) is 11.7. The Morgan fingerprint density at radius 1 is 1.22 bits per heavy atom. The van der Waals surface area contributed by atoms with E-state index in [0.29, 0.717) is 5.56 Å². The molecular formula is C13H15O5. The standard InChI is InChI=1S/C13H15O5/c1-2-12(15)17-8-11(14)9-18-13(16)10-6-4-3-5-7-10/h2-7,11,14H,8-9H2,1H3. The maximum absolute atomic E-state index is 11.5. The molecule has 5 heteroatoms. The minimum absolute atomic E-state index is 0.203.